The fourth-order valence-corrected chi connectivity index (χ4v) is 2.79. The van der Waals surface area contributed by atoms with E-state index in [-0.39, 0.29) is 11.5 Å². The molecular formula is C12H19BrN2O. The van der Waals surface area contributed by atoms with Crippen LogP contribution < -0.4 is 0 Å². The molecule has 0 aromatic carbocycles. The Hall–Kier alpha value is -0.350. The van der Waals surface area contributed by atoms with E-state index in [1.165, 1.54) is 5.69 Å². The number of hydrogen-bond acceptors (Lipinski definition) is 2. The SMILES string of the molecule is CC(C)(C)Cc1nc(Br)c2n1CC(O)CC2. The molecule has 0 spiro atoms. The summed E-state index contributed by atoms with van der Waals surface area (Å²) in [5, 5.41) is 9.72. The van der Waals surface area contributed by atoms with Crippen LogP contribution in [0.1, 0.15) is 38.7 Å². The molecule has 16 heavy (non-hydrogen) atoms. The Bertz CT molecular complexity index is 392. The van der Waals surface area contributed by atoms with Crippen LogP contribution in [0.15, 0.2) is 4.60 Å². The van der Waals surface area contributed by atoms with Crippen LogP contribution >= 0.6 is 15.9 Å². The third-order valence-electron chi connectivity index (χ3n) is 2.90. The lowest BCUT2D eigenvalue weighted by molar-refractivity contribution is 0.129. The Morgan fingerprint density at radius 3 is 2.81 bits per heavy atom. The van der Waals surface area contributed by atoms with E-state index in [0.717, 1.165) is 29.7 Å². The van der Waals surface area contributed by atoms with Gasteiger partial charge in [0.1, 0.15) is 10.4 Å². The molecule has 1 aliphatic heterocycles. The van der Waals surface area contributed by atoms with E-state index in [0.29, 0.717) is 6.54 Å². The van der Waals surface area contributed by atoms with Gasteiger partial charge in [-0.25, -0.2) is 4.98 Å². The second-order valence-corrected chi connectivity index (χ2v) is 6.56. The van der Waals surface area contributed by atoms with Gasteiger partial charge in [0, 0.05) is 6.42 Å². The van der Waals surface area contributed by atoms with Gasteiger partial charge in [-0.2, -0.15) is 0 Å². The molecule has 0 bridgehead atoms. The third kappa shape index (κ3) is 2.48. The highest BCUT2D eigenvalue weighted by atomic mass is 79.9. The Balaban J connectivity index is 2.33. The first-order valence-electron chi connectivity index (χ1n) is 5.78. The standard InChI is InChI=1S/C12H19BrN2O/c1-12(2,3)6-10-14-11(13)9-5-4-8(16)7-15(9)10/h8,16H,4-7H2,1-3H3. The molecule has 1 atom stereocenters. The first kappa shape index (κ1) is 12.1. The van der Waals surface area contributed by atoms with Crippen LogP contribution in [0, 0.1) is 5.41 Å². The number of rotatable bonds is 1. The summed E-state index contributed by atoms with van der Waals surface area (Å²) in [6.45, 7) is 7.32. The minimum atomic E-state index is -0.215. The molecule has 0 saturated carbocycles. The van der Waals surface area contributed by atoms with Crippen molar-refractivity contribution >= 4 is 15.9 Å². The van der Waals surface area contributed by atoms with Gasteiger partial charge in [-0.15, -0.1) is 0 Å². The molecule has 1 aliphatic rings. The van der Waals surface area contributed by atoms with Crippen molar-refractivity contribution in [2.45, 2.75) is 52.7 Å². The molecule has 1 unspecified atom stereocenters. The number of halogens is 1. The number of hydrogen-bond donors (Lipinski definition) is 1. The highest BCUT2D eigenvalue weighted by Gasteiger charge is 2.25. The summed E-state index contributed by atoms with van der Waals surface area (Å²) >= 11 is 3.52. The van der Waals surface area contributed by atoms with Crippen LogP contribution in [-0.2, 0) is 19.4 Å². The van der Waals surface area contributed by atoms with E-state index in [1.54, 1.807) is 0 Å². The van der Waals surface area contributed by atoms with Crippen LogP contribution in [0.2, 0.25) is 0 Å². The maximum Gasteiger partial charge on any atom is 0.127 e. The molecule has 0 saturated heterocycles. The lowest BCUT2D eigenvalue weighted by atomic mass is 9.92. The van der Waals surface area contributed by atoms with Gasteiger partial charge in [0.05, 0.1) is 18.3 Å². The summed E-state index contributed by atoms with van der Waals surface area (Å²) in [5.41, 5.74) is 1.47. The molecule has 4 heteroatoms. The smallest absolute Gasteiger partial charge is 0.127 e. The lowest BCUT2D eigenvalue weighted by Crippen LogP contribution is -2.26. The average molecular weight is 287 g/mol. The Labute approximate surface area is 105 Å². The molecule has 2 heterocycles. The van der Waals surface area contributed by atoms with Gasteiger partial charge < -0.3 is 9.67 Å². The van der Waals surface area contributed by atoms with Crippen LogP contribution in [-0.4, -0.2) is 20.8 Å². The quantitative estimate of drug-likeness (QED) is 0.862. The Morgan fingerprint density at radius 1 is 1.50 bits per heavy atom. The van der Waals surface area contributed by atoms with Crippen molar-refractivity contribution in [2.24, 2.45) is 5.41 Å². The number of aliphatic hydroxyl groups excluding tert-OH is 1. The minimum Gasteiger partial charge on any atom is -0.391 e. The number of imidazole rings is 1. The number of fused-ring (bicyclic) bond motifs is 1. The van der Waals surface area contributed by atoms with Crippen LogP contribution in [0.3, 0.4) is 0 Å². The van der Waals surface area contributed by atoms with Crippen molar-refractivity contribution in [3.05, 3.63) is 16.1 Å². The van der Waals surface area contributed by atoms with Crippen LogP contribution in [0.5, 0.6) is 0 Å². The molecule has 90 valence electrons. The van der Waals surface area contributed by atoms with Crippen molar-refractivity contribution in [1.29, 1.82) is 0 Å². The zero-order chi connectivity index (χ0) is 11.9. The van der Waals surface area contributed by atoms with E-state index in [9.17, 15) is 5.11 Å². The molecule has 0 fully saturated rings. The summed E-state index contributed by atoms with van der Waals surface area (Å²) in [6, 6.07) is 0. The summed E-state index contributed by atoms with van der Waals surface area (Å²) in [4.78, 5) is 4.58. The molecule has 0 radical (unpaired) electrons. The van der Waals surface area contributed by atoms with Gasteiger partial charge >= 0.3 is 0 Å². The normalized spacial score (nSPS) is 20.9. The Kier molecular flexibility index (Phi) is 3.14. The molecule has 1 N–H and O–H groups in total. The summed E-state index contributed by atoms with van der Waals surface area (Å²) in [5.74, 6) is 1.09. The zero-order valence-electron chi connectivity index (χ0n) is 10.1. The second kappa shape index (κ2) is 4.15. The fraction of sp³-hybridized carbons (Fsp3) is 0.750. The second-order valence-electron chi connectivity index (χ2n) is 5.81. The molecule has 1 aromatic rings. The molecular weight excluding hydrogens is 268 g/mol. The average Bonchev–Trinajstić information content (AvgIpc) is 2.40. The zero-order valence-corrected chi connectivity index (χ0v) is 11.7. The van der Waals surface area contributed by atoms with E-state index in [4.69, 9.17) is 0 Å². The maximum absolute atomic E-state index is 9.72. The first-order chi connectivity index (χ1) is 7.37. The van der Waals surface area contributed by atoms with E-state index in [1.807, 2.05) is 0 Å². The third-order valence-corrected chi connectivity index (χ3v) is 3.53. The van der Waals surface area contributed by atoms with E-state index < -0.39 is 0 Å². The van der Waals surface area contributed by atoms with Gasteiger partial charge in [0.15, 0.2) is 0 Å². The van der Waals surface area contributed by atoms with Crippen molar-refractivity contribution in [1.82, 2.24) is 9.55 Å². The fourth-order valence-electron chi connectivity index (χ4n) is 2.17. The van der Waals surface area contributed by atoms with Gasteiger partial charge in [-0.1, -0.05) is 20.8 Å². The Morgan fingerprint density at radius 2 is 2.19 bits per heavy atom. The minimum absolute atomic E-state index is 0.215. The number of aromatic nitrogens is 2. The maximum atomic E-state index is 9.72. The van der Waals surface area contributed by atoms with Gasteiger partial charge in [0.2, 0.25) is 0 Å². The summed E-state index contributed by atoms with van der Waals surface area (Å²) < 4.78 is 3.14. The van der Waals surface area contributed by atoms with Crippen molar-refractivity contribution < 1.29 is 5.11 Å². The van der Waals surface area contributed by atoms with Crippen molar-refractivity contribution in [2.75, 3.05) is 0 Å². The van der Waals surface area contributed by atoms with Crippen LogP contribution in [0.4, 0.5) is 0 Å². The number of aliphatic hydroxyl groups is 1. The lowest BCUT2D eigenvalue weighted by Gasteiger charge is -2.24. The van der Waals surface area contributed by atoms with Gasteiger partial charge in [0.25, 0.3) is 0 Å². The monoisotopic (exact) mass is 286 g/mol. The van der Waals surface area contributed by atoms with Crippen molar-refractivity contribution in [3.8, 4) is 0 Å². The highest BCUT2D eigenvalue weighted by Crippen LogP contribution is 2.28. The van der Waals surface area contributed by atoms with Crippen molar-refractivity contribution in [3.63, 3.8) is 0 Å². The molecule has 0 aliphatic carbocycles. The predicted molar refractivity (Wildman–Crippen MR) is 67.4 cm³/mol. The van der Waals surface area contributed by atoms with Gasteiger partial charge in [-0.3, -0.25) is 0 Å². The molecule has 3 nitrogen and oxygen atoms in total. The topological polar surface area (TPSA) is 38.0 Å². The van der Waals surface area contributed by atoms with E-state index >= 15 is 0 Å². The first-order valence-corrected chi connectivity index (χ1v) is 6.58. The number of nitrogens with zero attached hydrogens (tertiary/aromatic N) is 2. The largest absolute Gasteiger partial charge is 0.391 e. The van der Waals surface area contributed by atoms with E-state index in [2.05, 4.69) is 46.3 Å². The molecule has 0 amide bonds. The highest BCUT2D eigenvalue weighted by molar-refractivity contribution is 9.10. The van der Waals surface area contributed by atoms with Crippen LogP contribution in [0.25, 0.3) is 0 Å². The molecule has 1 aromatic heterocycles. The molecule has 2 rings (SSSR count). The predicted octanol–water partition coefficient (Wildman–Crippen LogP) is 2.54. The summed E-state index contributed by atoms with van der Waals surface area (Å²) in [6.07, 6.45) is 2.49. The summed E-state index contributed by atoms with van der Waals surface area (Å²) in [7, 11) is 0. The van der Waals surface area contributed by atoms with Gasteiger partial charge in [-0.05, 0) is 34.2 Å².